The summed E-state index contributed by atoms with van der Waals surface area (Å²) in [5.74, 6) is 1.04. The molecule has 0 atom stereocenters. The van der Waals surface area contributed by atoms with Crippen LogP contribution in [0.4, 0.5) is 5.69 Å². The lowest BCUT2D eigenvalue weighted by Gasteiger charge is -2.35. The molecule has 1 aliphatic heterocycles. The van der Waals surface area contributed by atoms with E-state index in [4.69, 9.17) is 17.3 Å². The zero-order valence-corrected chi connectivity index (χ0v) is 17.2. The molecule has 1 aliphatic rings. The van der Waals surface area contributed by atoms with Gasteiger partial charge < -0.3 is 9.47 Å². The molecule has 0 aliphatic carbocycles. The second kappa shape index (κ2) is 8.71. The molecule has 28 heavy (non-hydrogen) atoms. The second-order valence-electron chi connectivity index (χ2n) is 7.19. The maximum Gasteiger partial charge on any atom is 0.199 e. The Kier molecular flexibility index (Phi) is 5.88. The highest BCUT2D eigenvalue weighted by Crippen LogP contribution is 2.16. The van der Waals surface area contributed by atoms with Crippen molar-refractivity contribution in [2.45, 2.75) is 26.6 Å². The quantitative estimate of drug-likeness (QED) is 0.596. The molecule has 2 aromatic carbocycles. The average Bonchev–Trinajstić information content (AvgIpc) is 3.04. The summed E-state index contributed by atoms with van der Waals surface area (Å²) in [6.45, 7) is 7.84. The Bertz CT molecular complexity index is 940. The molecular formula is C22H27N5S. The predicted molar refractivity (Wildman–Crippen MR) is 116 cm³/mol. The van der Waals surface area contributed by atoms with E-state index in [1.165, 1.54) is 11.3 Å². The van der Waals surface area contributed by atoms with E-state index in [1.807, 2.05) is 10.7 Å². The van der Waals surface area contributed by atoms with Gasteiger partial charge in [-0.3, -0.25) is 4.90 Å². The highest BCUT2D eigenvalue weighted by Gasteiger charge is 2.19. The lowest BCUT2D eigenvalue weighted by atomic mass is 10.1. The van der Waals surface area contributed by atoms with Gasteiger partial charge in [-0.15, -0.1) is 0 Å². The Morgan fingerprint density at radius 1 is 0.893 bits per heavy atom. The van der Waals surface area contributed by atoms with Gasteiger partial charge in [0.05, 0.1) is 6.67 Å². The van der Waals surface area contributed by atoms with Crippen LogP contribution in [0.15, 0.2) is 60.7 Å². The number of aromatic nitrogens is 3. The van der Waals surface area contributed by atoms with E-state index in [9.17, 15) is 0 Å². The summed E-state index contributed by atoms with van der Waals surface area (Å²) < 4.78 is 4.97. The maximum atomic E-state index is 5.72. The molecule has 0 saturated carbocycles. The van der Waals surface area contributed by atoms with Gasteiger partial charge in [0.15, 0.2) is 4.77 Å². The van der Waals surface area contributed by atoms with Crippen LogP contribution in [0.3, 0.4) is 0 Å². The molecule has 1 fully saturated rings. The second-order valence-corrected chi connectivity index (χ2v) is 7.55. The van der Waals surface area contributed by atoms with Crippen LogP contribution in [-0.2, 0) is 19.6 Å². The Balaban J connectivity index is 1.43. The Morgan fingerprint density at radius 2 is 1.54 bits per heavy atom. The minimum atomic E-state index is 0.760. The summed E-state index contributed by atoms with van der Waals surface area (Å²) in [5.41, 5.74) is 2.57. The van der Waals surface area contributed by atoms with E-state index >= 15 is 0 Å². The molecule has 146 valence electrons. The molecule has 0 radical (unpaired) electrons. The number of hydrogen-bond acceptors (Lipinski definition) is 4. The molecule has 0 amide bonds. The molecule has 0 N–H and O–H groups in total. The molecule has 3 aromatic rings. The summed E-state index contributed by atoms with van der Waals surface area (Å²) in [6, 6.07) is 21.1. The monoisotopic (exact) mass is 393 g/mol. The number of para-hydroxylation sites is 1. The zero-order valence-electron chi connectivity index (χ0n) is 16.4. The van der Waals surface area contributed by atoms with Gasteiger partial charge in [0.25, 0.3) is 0 Å². The SMILES string of the molecule is CCn1c(Cc2ccccc2)nn(CN2CCN(c3ccccc3)CC2)c1=S. The van der Waals surface area contributed by atoms with E-state index in [0.717, 1.165) is 56.4 Å². The third kappa shape index (κ3) is 4.18. The third-order valence-corrected chi connectivity index (χ3v) is 5.78. The van der Waals surface area contributed by atoms with Crippen molar-refractivity contribution in [1.82, 2.24) is 19.2 Å². The Labute approximate surface area is 171 Å². The molecule has 0 spiro atoms. The van der Waals surface area contributed by atoms with Crippen molar-refractivity contribution in [2.24, 2.45) is 0 Å². The van der Waals surface area contributed by atoms with Gasteiger partial charge in [-0.25, -0.2) is 4.68 Å². The van der Waals surface area contributed by atoms with Gasteiger partial charge in [0.1, 0.15) is 5.82 Å². The van der Waals surface area contributed by atoms with Crippen LogP contribution in [0.2, 0.25) is 0 Å². The van der Waals surface area contributed by atoms with Crippen LogP contribution in [0.5, 0.6) is 0 Å². The summed E-state index contributed by atoms with van der Waals surface area (Å²) in [6.07, 6.45) is 0.813. The van der Waals surface area contributed by atoms with Gasteiger partial charge in [-0.05, 0) is 36.8 Å². The number of benzene rings is 2. The van der Waals surface area contributed by atoms with Crippen LogP contribution < -0.4 is 4.90 Å². The first-order chi connectivity index (χ1) is 13.7. The van der Waals surface area contributed by atoms with Crippen molar-refractivity contribution >= 4 is 17.9 Å². The van der Waals surface area contributed by atoms with Gasteiger partial charge >= 0.3 is 0 Å². The van der Waals surface area contributed by atoms with Crippen LogP contribution >= 0.6 is 12.2 Å². The standard InChI is InChI=1S/C22H27N5S/c1-2-26-21(17-19-9-5-3-6-10-19)23-27(22(26)28)18-24-13-15-25(16-14-24)20-11-7-4-8-12-20/h3-12H,2,13-18H2,1H3. The van der Waals surface area contributed by atoms with Gasteiger partial charge in [-0.2, -0.15) is 5.10 Å². The van der Waals surface area contributed by atoms with E-state index in [-0.39, 0.29) is 0 Å². The fraction of sp³-hybridized carbons (Fsp3) is 0.364. The highest BCUT2D eigenvalue weighted by atomic mass is 32.1. The van der Waals surface area contributed by atoms with Crippen molar-refractivity contribution in [3.05, 3.63) is 76.8 Å². The summed E-state index contributed by atoms with van der Waals surface area (Å²) in [4.78, 5) is 4.88. The third-order valence-electron chi connectivity index (χ3n) is 5.35. The summed E-state index contributed by atoms with van der Waals surface area (Å²) in [7, 11) is 0. The zero-order chi connectivity index (χ0) is 19.3. The first-order valence-corrected chi connectivity index (χ1v) is 10.4. The van der Waals surface area contributed by atoms with Crippen molar-refractivity contribution < 1.29 is 0 Å². The predicted octanol–water partition coefficient (Wildman–Crippen LogP) is 3.80. The fourth-order valence-corrected chi connectivity index (χ4v) is 4.11. The van der Waals surface area contributed by atoms with Crippen LogP contribution in [0, 0.1) is 4.77 Å². The summed E-state index contributed by atoms with van der Waals surface area (Å²) >= 11 is 5.72. The van der Waals surface area contributed by atoms with E-state index in [1.54, 1.807) is 0 Å². The molecule has 1 aromatic heterocycles. The highest BCUT2D eigenvalue weighted by molar-refractivity contribution is 7.71. The summed E-state index contributed by atoms with van der Waals surface area (Å²) in [5, 5.41) is 4.87. The molecule has 0 bridgehead atoms. The van der Waals surface area contributed by atoms with Gasteiger partial charge in [-0.1, -0.05) is 48.5 Å². The first kappa shape index (κ1) is 18.9. The number of nitrogens with zero attached hydrogens (tertiary/aromatic N) is 5. The normalized spacial score (nSPS) is 15.1. The molecular weight excluding hydrogens is 366 g/mol. The number of hydrogen-bond donors (Lipinski definition) is 0. The van der Waals surface area contributed by atoms with Crippen molar-refractivity contribution in [1.29, 1.82) is 0 Å². The fourth-order valence-electron chi connectivity index (χ4n) is 3.78. The lowest BCUT2D eigenvalue weighted by molar-refractivity contribution is 0.194. The number of piperazine rings is 1. The smallest absolute Gasteiger partial charge is 0.199 e. The number of anilines is 1. The molecule has 5 nitrogen and oxygen atoms in total. The van der Waals surface area contributed by atoms with Crippen molar-refractivity contribution in [2.75, 3.05) is 31.1 Å². The average molecular weight is 394 g/mol. The molecule has 2 heterocycles. The van der Waals surface area contributed by atoms with E-state index in [0.29, 0.717) is 0 Å². The van der Waals surface area contributed by atoms with Gasteiger partial charge in [0, 0.05) is 44.8 Å². The van der Waals surface area contributed by atoms with Crippen LogP contribution in [-0.4, -0.2) is 45.4 Å². The maximum absolute atomic E-state index is 5.72. The molecule has 6 heteroatoms. The molecule has 1 saturated heterocycles. The minimum absolute atomic E-state index is 0.760. The van der Waals surface area contributed by atoms with Crippen molar-refractivity contribution in [3.8, 4) is 0 Å². The minimum Gasteiger partial charge on any atom is -0.369 e. The van der Waals surface area contributed by atoms with Crippen molar-refractivity contribution in [3.63, 3.8) is 0 Å². The Hall–Kier alpha value is -2.44. The molecule has 0 unspecified atom stereocenters. The Morgan fingerprint density at radius 3 is 2.18 bits per heavy atom. The lowest BCUT2D eigenvalue weighted by Crippen LogP contribution is -2.47. The van der Waals surface area contributed by atoms with E-state index in [2.05, 4.69) is 75.9 Å². The first-order valence-electron chi connectivity index (χ1n) is 9.97. The topological polar surface area (TPSA) is 29.2 Å². The van der Waals surface area contributed by atoms with Gasteiger partial charge in [0.2, 0.25) is 0 Å². The number of rotatable bonds is 6. The van der Waals surface area contributed by atoms with Crippen LogP contribution in [0.1, 0.15) is 18.3 Å². The molecule has 4 rings (SSSR count). The van der Waals surface area contributed by atoms with E-state index < -0.39 is 0 Å². The largest absolute Gasteiger partial charge is 0.369 e. The van der Waals surface area contributed by atoms with Crippen LogP contribution in [0.25, 0.3) is 0 Å².